The van der Waals surface area contributed by atoms with Crippen molar-refractivity contribution >= 4 is 11.0 Å². The molecule has 4 nitrogen and oxygen atoms in total. The molecule has 2 atom stereocenters. The average molecular weight is 287 g/mol. The van der Waals surface area contributed by atoms with Crippen LogP contribution in [0.2, 0.25) is 0 Å². The predicted octanol–water partition coefficient (Wildman–Crippen LogP) is 2.75. The third kappa shape index (κ3) is 3.11. The van der Waals surface area contributed by atoms with E-state index in [2.05, 4.69) is 53.0 Å². The zero-order valence-electron chi connectivity index (χ0n) is 13.0. The predicted molar refractivity (Wildman–Crippen MR) is 85.5 cm³/mol. The van der Waals surface area contributed by atoms with E-state index in [1.54, 1.807) is 0 Å². The van der Waals surface area contributed by atoms with Crippen molar-refractivity contribution in [2.45, 2.75) is 39.3 Å². The Kier molecular flexibility index (Phi) is 4.56. The van der Waals surface area contributed by atoms with Crippen LogP contribution in [0.4, 0.5) is 0 Å². The number of hydrogen-bond donors (Lipinski definition) is 1. The Morgan fingerprint density at radius 1 is 1.43 bits per heavy atom. The summed E-state index contributed by atoms with van der Waals surface area (Å²) in [5.74, 6) is 1.70. The molecule has 0 radical (unpaired) electrons. The normalized spacial score (nSPS) is 20.2. The highest BCUT2D eigenvalue weighted by Gasteiger charge is 2.26. The zero-order chi connectivity index (χ0) is 14.7. The van der Waals surface area contributed by atoms with Gasteiger partial charge in [-0.2, -0.15) is 0 Å². The highest BCUT2D eigenvalue weighted by molar-refractivity contribution is 5.75. The van der Waals surface area contributed by atoms with E-state index < -0.39 is 0 Å². The third-order valence-corrected chi connectivity index (χ3v) is 4.42. The summed E-state index contributed by atoms with van der Waals surface area (Å²) in [5.41, 5.74) is 2.32. The lowest BCUT2D eigenvalue weighted by Gasteiger charge is -2.25. The van der Waals surface area contributed by atoms with Gasteiger partial charge in [0.2, 0.25) is 0 Å². The van der Waals surface area contributed by atoms with Crippen LogP contribution in [-0.2, 0) is 11.3 Å². The molecular formula is C17H25N3O. The number of fused-ring (bicyclic) bond motifs is 1. The van der Waals surface area contributed by atoms with Crippen LogP contribution in [0.15, 0.2) is 24.3 Å². The van der Waals surface area contributed by atoms with E-state index in [9.17, 15) is 0 Å². The van der Waals surface area contributed by atoms with E-state index in [1.807, 2.05) is 0 Å². The Labute approximate surface area is 126 Å². The standard InChI is InChI=1S/C17H25N3O/c1-3-9-18-16(14-8-10-21-12-14)11-20-13(2)19-15-6-4-5-7-17(15)20/h4-7,14,16,18H,3,8-12H2,1-2H3. The van der Waals surface area contributed by atoms with Crippen molar-refractivity contribution in [2.75, 3.05) is 19.8 Å². The second-order valence-electron chi connectivity index (χ2n) is 5.94. The molecule has 2 heterocycles. The van der Waals surface area contributed by atoms with E-state index in [0.29, 0.717) is 12.0 Å². The lowest BCUT2D eigenvalue weighted by Crippen LogP contribution is -2.40. The van der Waals surface area contributed by atoms with E-state index in [1.165, 1.54) is 5.52 Å². The first-order valence-electron chi connectivity index (χ1n) is 8.02. The Balaban J connectivity index is 1.84. The maximum atomic E-state index is 5.59. The molecule has 1 aromatic heterocycles. The van der Waals surface area contributed by atoms with Crippen molar-refractivity contribution in [1.82, 2.24) is 14.9 Å². The molecule has 3 rings (SSSR count). The van der Waals surface area contributed by atoms with Gasteiger partial charge in [-0.1, -0.05) is 19.1 Å². The molecule has 21 heavy (non-hydrogen) atoms. The van der Waals surface area contributed by atoms with Gasteiger partial charge >= 0.3 is 0 Å². The number of benzene rings is 1. The van der Waals surface area contributed by atoms with Crippen LogP contribution in [0.3, 0.4) is 0 Å². The monoisotopic (exact) mass is 287 g/mol. The number of nitrogens with zero attached hydrogens (tertiary/aromatic N) is 2. The van der Waals surface area contributed by atoms with Crippen molar-refractivity contribution in [3.05, 3.63) is 30.1 Å². The molecule has 0 amide bonds. The van der Waals surface area contributed by atoms with Gasteiger partial charge in [0.15, 0.2) is 0 Å². The molecule has 2 aromatic rings. The minimum Gasteiger partial charge on any atom is -0.381 e. The summed E-state index contributed by atoms with van der Waals surface area (Å²) in [6, 6.07) is 8.86. The Hall–Kier alpha value is -1.39. The van der Waals surface area contributed by atoms with Gasteiger partial charge in [0, 0.05) is 25.1 Å². The van der Waals surface area contributed by atoms with Crippen LogP contribution >= 0.6 is 0 Å². The maximum Gasteiger partial charge on any atom is 0.106 e. The minimum absolute atomic E-state index is 0.462. The quantitative estimate of drug-likeness (QED) is 0.888. The Bertz CT molecular complexity index is 587. The fourth-order valence-electron chi connectivity index (χ4n) is 3.20. The number of para-hydroxylation sites is 2. The van der Waals surface area contributed by atoms with Gasteiger partial charge in [0.05, 0.1) is 17.6 Å². The topological polar surface area (TPSA) is 39.1 Å². The van der Waals surface area contributed by atoms with Crippen molar-refractivity contribution in [2.24, 2.45) is 5.92 Å². The summed E-state index contributed by atoms with van der Waals surface area (Å²) in [6.45, 7) is 8.13. The number of nitrogens with one attached hydrogen (secondary N) is 1. The fraction of sp³-hybridized carbons (Fsp3) is 0.588. The van der Waals surface area contributed by atoms with Crippen LogP contribution in [-0.4, -0.2) is 35.4 Å². The lowest BCUT2D eigenvalue weighted by molar-refractivity contribution is 0.173. The van der Waals surface area contributed by atoms with Crippen LogP contribution in [0.5, 0.6) is 0 Å². The van der Waals surface area contributed by atoms with Gasteiger partial charge in [-0.15, -0.1) is 0 Å². The van der Waals surface area contributed by atoms with Crippen molar-refractivity contribution in [3.8, 4) is 0 Å². The SMILES string of the molecule is CCCNC(Cn1c(C)nc2ccccc21)C1CCOC1. The molecule has 1 fully saturated rings. The van der Waals surface area contributed by atoms with Crippen LogP contribution in [0, 0.1) is 12.8 Å². The number of aryl methyl sites for hydroxylation is 1. The molecular weight excluding hydrogens is 262 g/mol. The number of imidazole rings is 1. The molecule has 2 unspecified atom stereocenters. The summed E-state index contributed by atoms with van der Waals surface area (Å²) in [4.78, 5) is 4.68. The molecule has 0 aliphatic carbocycles. The van der Waals surface area contributed by atoms with Gasteiger partial charge < -0.3 is 14.6 Å². The number of ether oxygens (including phenoxy) is 1. The second kappa shape index (κ2) is 6.58. The summed E-state index contributed by atoms with van der Waals surface area (Å²) in [7, 11) is 0. The molecule has 1 aliphatic heterocycles. The van der Waals surface area contributed by atoms with Crippen LogP contribution in [0.1, 0.15) is 25.6 Å². The summed E-state index contributed by atoms with van der Waals surface area (Å²) < 4.78 is 7.94. The summed E-state index contributed by atoms with van der Waals surface area (Å²) in [5, 5.41) is 3.71. The summed E-state index contributed by atoms with van der Waals surface area (Å²) >= 11 is 0. The van der Waals surface area contributed by atoms with Gasteiger partial charge in [-0.25, -0.2) is 4.98 Å². The van der Waals surface area contributed by atoms with Gasteiger partial charge in [0.1, 0.15) is 5.82 Å². The van der Waals surface area contributed by atoms with Crippen molar-refractivity contribution in [3.63, 3.8) is 0 Å². The largest absolute Gasteiger partial charge is 0.381 e. The third-order valence-electron chi connectivity index (χ3n) is 4.42. The highest BCUT2D eigenvalue weighted by atomic mass is 16.5. The fourth-order valence-corrected chi connectivity index (χ4v) is 3.20. The molecule has 1 saturated heterocycles. The number of hydrogen-bond acceptors (Lipinski definition) is 3. The number of aromatic nitrogens is 2. The van der Waals surface area contributed by atoms with E-state index >= 15 is 0 Å². The zero-order valence-corrected chi connectivity index (χ0v) is 13.0. The molecule has 0 saturated carbocycles. The smallest absolute Gasteiger partial charge is 0.106 e. The molecule has 114 valence electrons. The van der Waals surface area contributed by atoms with Gasteiger partial charge in [-0.3, -0.25) is 0 Å². The molecule has 0 spiro atoms. The minimum atomic E-state index is 0.462. The number of rotatable bonds is 6. The first kappa shape index (κ1) is 14.5. The molecule has 4 heteroatoms. The Morgan fingerprint density at radius 3 is 3.05 bits per heavy atom. The first-order valence-corrected chi connectivity index (χ1v) is 8.02. The van der Waals surface area contributed by atoms with E-state index in [4.69, 9.17) is 4.74 Å². The maximum absolute atomic E-state index is 5.59. The molecule has 0 bridgehead atoms. The molecule has 1 N–H and O–H groups in total. The van der Waals surface area contributed by atoms with Crippen LogP contribution < -0.4 is 5.32 Å². The van der Waals surface area contributed by atoms with E-state index in [0.717, 1.165) is 50.5 Å². The molecule has 1 aliphatic rings. The van der Waals surface area contributed by atoms with Crippen molar-refractivity contribution in [1.29, 1.82) is 0 Å². The lowest BCUT2D eigenvalue weighted by atomic mass is 9.98. The molecule has 1 aromatic carbocycles. The first-order chi connectivity index (χ1) is 10.3. The van der Waals surface area contributed by atoms with Crippen molar-refractivity contribution < 1.29 is 4.74 Å². The van der Waals surface area contributed by atoms with Gasteiger partial charge in [0.25, 0.3) is 0 Å². The van der Waals surface area contributed by atoms with Crippen LogP contribution in [0.25, 0.3) is 11.0 Å². The Morgan fingerprint density at radius 2 is 2.29 bits per heavy atom. The summed E-state index contributed by atoms with van der Waals surface area (Å²) in [6.07, 6.45) is 2.32. The van der Waals surface area contributed by atoms with Gasteiger partial charge in [-0.05, 0) is 38.4 Å². The average Bonchev–Trinajstić information content (AvgIpc) is 3.11. The second-order valence-corrected chi connectivity index (χ2v) is 5.94. The van der Waals surface area contributed by atoms with E-state index in [-0.39, 0.29) is 0 Å². The highest BCUT2D eigenvalue weighted by Crippen LogP contribution is 2.21.